The highest BCUT2D eigenvalue weighted by atomic mass is 16.5. The topological polar surface area (TPSA) is 44.8 Å². The Labute approximate surface area is 151 Å². The number of likely N-dealkylation sites (tertiary alicyclic amines) is 1. The molecule has 0 spiro atoms. The predicted molar refractivity (Wildman–Crippen MR) is 99.5 cm³/mol. The van der Waals surface area contributed by atoms with Crippen molar-refractivity contribution in [2.75, 3.05) is 45.9 Å². The summed E-state index contributed by atoms with van der Waals surface area (Å²) in [5.41, 5.74) is 1.15. The average molecular weight is 345 g/mol. The van der Waals surface area contributed by atoms with Crippen LogP contribution in [0.1, 0.15) is 37.8 Å². The first kappa shape index (κ1) is 18.4. The normalized spacial score (nSPS) is 24.0. The molecule has 0 aromatic heterocycles. The molecule has 2 aliphatic heterocycles. The van der Waals surface area contributed by atoms with E-state index in [1.807, 2.05) is 18.2 Å². The van der Waals surface area contributed by atoms with E-state index in [1.54, 1.807) is 0 Å². The molecule has 0 bridgehead atoms. The summed E-state index contributed by atoms with van der Waals surface area (Å²) in [5.74, 6) is 0.130. The Hall–Kier alpha value is -1.43. The second-order valence-corrected chi connectivity index (χ2v) is 7.23. The largest absolute Gasteiger partial charge is 0.379 e. The minimum atomic E-state index is 0.0520. The van der Waals surface area contributed by atoms with Gasteiger partial charge in [0.25, 0.3) is 0 Å². The Morgan fingerprint density at radius 3 is 2.72 bits per heavy atom. The highest BCUT2D eigenvalue weighted by Gasteiger charge is 2.27. The molecule has 138 valence electrons. The monoisotopic (exact) mass is 345 g/mol. The van der Waals surface area contributed by atoms with Crippen LogP contribution in [0.5, 0.6) is 0 Å². The molecule has 2 heterocycles. The van der Waals surface area contributed by atoms with Crippen LogP contribution in [-0.2, 0) is 9.53 Å². The summed E-state index contributed by atoms with van der Waals surface area (Å²) >= 11 is 0. The van der Waals surface area contributed by atoms with Gasteiger partial charge in [-0.25, -0.2) is 0 Å². The van der Waals surface area contributed by atoms with Gasteiger partial charge in [-0.05, 0) is 31.9 Å². The van der Waals surface area contributed by atoms with E-state index in [1.165, 1.54) is 19.3 Å². The van der Waals surface area contributed by atoms with Crippen LogP contribution in [-0.4, -0.2) is 67.7 Å². The van der Waals surface area contributed by atoms with E-state index in [2.05, 4.69) is 34.2 Å². The number of amides is 1. The van der Waals surface area contributed by atoms with Gasteiger partial charge in [-0.2, -0.15) is 0 Å². The van der Waals surface area contributed by atoms with Gasteiger partial charge in [-0.3, -0.25) is 14.6 Å². The summed E-state index contributed by atoms with van der Waals surface area (Å²) in [5, 5.41) is 3.15. The highest BCUT2D eigenvalue weighted by molar-refractivity contribution is 5.78. The van der Waals surface area contributed by atoms with Crippen molar-refractivity contribution in [1.29, 1.82) is 0 Å². The molecule has 0 unspecified atom stereocenters. The van der Waals surface area contributed by atoms with Crippen molar-refractivity contribution in [3.63, 3.8) is 0 Å². The number of rotatable bonds is 6. The maximum absolute atomic E-state index is 12.5. The lowest BCUT2D eigenvalue weighted by Crippen LogP contribution is -2.52. The highest BCUT2D eigenvalue weighted by Crippen LogP contribution is 2.19. The molecule has 5 nitrogen and oxygen atoms in total. The van der Waals surface area contributed by atoms with Gasteiger partial charge in [-0.1, -0.05) is 36.8 Å². The fourth-order valence-electron chi connectivity index (χ4n) is 3.85. The lowest BCUT2D eigenvalue weighted by Gasteiger charge is -2.39. The SMILES string of the molecule is C[C@H](NC(=O)CN1CCCC[C@@H]1CN1CCOCC1)c1ccccc1. The number of ether oxygens (including phenoxy) is 1. The first-order valence-corrected chi connectivity index (χ1v) is 9.61. The number of hydrogen-bond acceptors (Lipinski definition) is 4. The molecule has 2 aliphatic rings. The van der Waals surface area contributed by atoms with Crippen molar-refractivity contribution in [3.05, 3.63) is 35.9 Å². The van der Waals surface area contributed by atoms with Crippen LogP contribution in [0.3, 0.4) is 0 Å². The lowest BCUT2D eigenvalue weighted by molar-refractivity contribution is -0.124. The minimum Gasteiger partial charge on any atom is -0.379 e. The molecule has 0 saturated carbocycles. The van der Waals surface area contributed by atoms with Gasteiger partial charge < -0.3 is 10.1 Å². The van der Waals surface area contributed by atoms with Crippen LogP contribution in [0.4, 0.5) is 0 Å². The van der Waals surface area contributed by atoms with Crippen LogP contribution in [0.15, 0.2) is 30.3 Å². The number of carbonyl (C=O) groups excluding carboxylic acids is 1. The van der Waals surface area contributed by atoms with Crippen molar-refractivity contribution in [2.45, 2.75) is 38.3 Å². The molecule has 2 saturated heterocycles. The van der Waals surface area contributed by atoms with Crippen LogP contribution >= 0.6 is 0 Å². The standard InChI is InChI=1S/C20H31N3O2/c1-17(18-7-3-2-4-8-18)21-20(24)16-23-10-6-5-9-19(23)15-22-11-13-25-14-12-22/h2-4,7-8,17,19H,5-6,9-16H2,1H3,(H,21,24)/t17-,19+/m0/s1. The quantitative estimate of drug-likeness (QED) is 0.857. The zero-order valence-corrected chi connectivity index (χ0v) is 15.3. The van der Waals surface area contributed by atoms with Crippen LogP contribution in [0, 0.1) is 0 Å². The Balaban J connectivity index is 1.51. The third-order valence-electron chi connectivity index (χ3n) is 5.35. The first-order chi connectivity index (χ1) is 12.2. The van der Waals surface area contributed by atoms with E-state index in [-0.39, 0.29) is 11.9 Å². The van der Waals surface area contributed by atoms with Crippen molar-refractivity contribution in [3.8, 4) is 0 Å². The summed E-state index contributed by atoms with van der Waals surface area (Å²) in [4.78, 5) is 17.4. The fraction of sp³-hybridized carbons (Fsp3) is 0.650. The molecule has 1 amide bonds. The summed E-state index contributed by atoms with van der Waals surface area (Å²) in [6, 6.07) is 10.7. The van der Waals surface area contributed by atoms with Crippen molar-refractivity contribution in [2.24, 2.45) is 0 Å². The van der Waals surface area contributed by atoms with E-state index in [0.29, 0.717) is 12.6 Å². The van der Waals surface area contributed by atoms with Gasteiger partial charge in [0.15, 0.2) is 0 Å². The molecule has 1 N–H and O–H groups in total. The molecular weight excluding hydrogens is 314 g/mol. The van der Waals surface area contributed by atoms with Gasteiger partial charge in [-0.15, -0.1) is 0 Å². The van der Waals surface area contributed by atoms with Crippen molar-refractivity contribution >= 4 is 5.91 Å². The number of morpholine rings is 1. The lowest BCUT2D eigenvalue weighted by atomic mass is 10.0. The van der Waals surface area contributed by atoms with Gasteiger partial charge in [0.1, 0.15) is 0 Å². The number of carbonyl (C=O) groups is 1. The number of nitrogens with zero attached hydrogens (tertiary/aromatic N) is 2. The van der Waals surface area contributed by atoms with Gasteiger partial charge in [0.05, 0.1) is 25.8 Å². The molecule has 2 fully saturated rings. The van der Waals surface area contributed by atoms with E-state index in [4.69, 9.17) is 4.74 Å². The fourth-order valence-corrected chi connectivity index (χ4v) is 3.85. The third-order valence-corrected chi connectivity index (χ3v) is 5.35. The minimum absolute atomic E-state index is 0.0520. The molecule has 25 heavy (non-hydrogen) atoms. The van der Waals surface area contributed by atoms with Crippen molar-refractivity contribution in [1.82, 2.24) is 15.1 Å². The summed E-state index contributed by atoms with van der Waals surface area (Å²) in [7, 11) is 0. The van der Waals surface area contributed by atoms with Crippen LogP contribution < -0.4 is 5.32 Å². The molecule has 1 aromatic carbocycles. The van der Waals surface area contributed by atoms with E-state index in [0.717, 1.165) is 45.0 Å². The molecule has 3 rings (SSSR count). The molecule has 5 heteroatoms. The second-order valence-electron chi connectivity index (χ2n) is 7.23. The summed E-state index contributed by atoms with van der Waals surface area (Å²) < 4.78 is 5.45. The maximum atomic E-state index is 12.5. The van der Waals surface area contributed by atoms with Crippen LogP contribution in [0.25, 0.3) is 0 Å². The molecule has 0 radical (unpaired) electrons. The van der Waals surface area contributed by atoms with E-state index in [9.17, 15) is 4.79 Å². The van der Waals surface area contributed by atoms with E-state index < -0.39 is 0 Å². The molecule has 0 aliphatic carbocycles. The van der Waals surface area contributed by atoms with E-state index >= 15 is 0 Å². The Kier molecular flexibility index (Phi) is 6.84. The Bertz CT molecular complexity index is 531. The zero-order chi connectivity index (χ0) is 17.5. The number of benzene rings is 1. The molecule has 1 aromatic rings. The third kappa shape index (κ3) is 5.53. The summed E-state index contributed by atoms with van der Waals surface area (Å²) in [6.07, 6.45) is 3.66. The number of piperidine rings is 1. The van der Waals surface area contributed by atoms with Gasteiger partial charge in [0, 0.05) is 25.7 Å². The zero-order valence-electron chi connectivity index (χ0n) is 15.3. The first-order valence-electron chi connectivity index (χ1n) is 9.61. The number of hydrogen-bond donors (Lipinski definition) is 1. The second kappa shape index (κ2) is 9.32. The summed E-state index contributed by atoms with van der Waals surface area (Å²) in [6.45, 7) is 8.35. The maximum Gasteiger partial charge on any atom is 0.234 e. The predicted octanol–water partition coefficient (Wildman–Crippen LogP) is 2.05. The van der Waals surface area contributed by atoms with Crippen LogP contribution in [0.2, 0.25) is 0 Å². The van der Waals surface area contributed by atoms with Gasteiger partial charge >= 0.3 is 0 Å². The molecule has 2 atom stereocenters. The average Bonchev–Trinajstić information content (AvgIpc) is 2.65. The molecular formula is C20H31N3O2. The van der Waals surface area contributed by atoms with Crippen molar-refractivity contribution < 1.29 is 9.53 Å². The smallest absolute Gasteiger partial charge is 0.234 e. The van der Waals surface area contributed by atoms with Gasteiger partial charge in [0.2, 0.25) is 5.91 Å². The number of nitrogens with one attached hydrogen (secondary N) is 1. The Morgan fingerprint density at radius 2 is 1.96 bits per heavy atom. The Morgan fingerprint density at radius 1 is 1.20 bits per heavy atom.